The molecule has 0 spiro atoms. The van der Waals surface area contributed by atoms with Crippen LogP contribution in [0.1, 0.15) is 53.9 Å². The zero-order valence-corrected chi connectivity index (χ0v) is 25.3. The van der Waals surface area contributed by atoms with Crippen molar-refractivity contribution in [3.05, 3.63) is 144 Å². The summed E-state index contributed by atoms with van der Waals surface area (Å²) in [6.45, 7) is 3.28. The van der Waals surface area contributed by atoms with Gasteiger partial charge in [-0.3, -0.25) is 4.79 Å². The predicted molar refractivity (Wildman–Crippen MR) is 173 cm³/mol. The van der Waals surface area contributed by atoms with Crippen LogP contribution in [0.5, 0.6) is 0 Å². The molecule has 0 saturated carbocycles. The average molecular weight is 591 g/mol. The maximum Gasteiger partial charge on any atom is 0.509 e. The van der Waals surface area contributed by atoms with Gasteiger partial charge in [0.05, 0.1) is 0 Å². The zero-order valence-electron chi connectivity index (χ0n) is 25.3. The Bertz CT molecular complexity index is 1380. The van der Waals surface area contributed by atoms with Crippen molar-refractivity contribution in [2.75, 3.05) is 32.8 Å². The number of benzene rings is 4. The number of likely N-dealkylation sites (tertiary alicyclic amines) is 1. The molecular formula is C38H42N2O4. The molecule has 1 saturated heterocycles. The van der Waals surface area contributed by atoms with Crippen molar-refractivity contribution < 1.29 is 19.1 Å². The number of hydrogen-bond acceptors (Lipinski definition) is 5. The third kappa shape index (κ3) is 8.57. The molecule has 4 aromatic rings. The first-order valence-electron chi connectivity index (χ1n) is 15.6. The maximum atomic E-state index is 12.9. The Hall–Kier alpha value is -4.42. The van der Waals surface area contributed by atoms with Crippen LogP contribution in [-0.4, -0.2) is 49.7 Å². The molecule has 1 N–H and O–H groups in total. The SMILES string of the molecule is O=C(COC(=O)OCc1ccccc1)NCC(CCCN1CCC(c2ccccc2)CC1)(c1ccccc1)c1ccccc1. The van der Waals surface area contributed by atoms with E-state index in [1.807, 2.05) is 42.5 Å². The highest BCUT2D eigenvalue weighted by Crippen LogP contribution is 2.37. The normalized spacial score (nSPS) is 14.1. The fraction of sp³-hybridized carbons (Fsp3) is 0.316. The molecule has 44 heavy (non-hydrogen) atoms. The summed E-state index contributed by atoms with van der Waals surface area (Å²) in [4.78, 5) is 27.7. The van der Waals surface area contributed by atoms with E-state index >= 15 is 0 Å². The molecule has 1 aliphatic rings. The number of nitrogens with zero attached hydrogens (tertiary/aromatic N) is 1. The summed E-state index contributed by atoms with van der Waals surface area (Å²) >= 11 is 0. The van der Waals surface area contributed by atoms with Gasteiger partial charge in [0.2, 0.25) is 0 Å². The Labute approximate surface area is 261 Å². The quantitative estimate of drug-likeness (QED) is 0.168. The molecule has 228 valence electrons. The lowest BCUT2D eigenvalue weighted by atomic mass is 9.71. The summed E-state index contributed by atoms with van der Waals surface area (Å²) < 4.78 is 10.3. The first-order chi connectivity index (χ1) is 21.6. The lowest BCUT2D eigenvalue weighted by molar-refractivity contribution is -0.125. The number of hydrogen-bond donors (Lipinski definition) is 1. The number of ether oxygens (including phenoxy) is 2. The molecule has 5 rings (SSSR count). The third-order valence-electron chi connectivity index (χ3n) is 8.70. The van der Waals surface area contributed by atoms with E-state index in [0.29, 0.717) is 12.5 Å². The first-order valence-corrected chi connectivity index (χ1v) is 15.6. The highest BCUT2D eigenvalue weighted by atomic mass is 16.7. The van der Waals surface area contributed by atoms with Crippen LogP contribution in [0.2, 0.25) is 0 Å². The minimum atomic E-state index is -0.863. The summed E-state index contributed by atoms with van der Waals surface area (Å²) in [6, 6.07) is 41.0. The van der Waals surface area contributed by atoms with Gasteiger partial charge in [0, 0.05) is 12.0 Å². The van der Waals surface area contributed by atoms with Gasteiger partial charge < -0.3 is 19.7 Å². The van der Waals surface area contributed by atoms with Gasteiger partial charge in [0.15, 0.2) is 6.61 Å². The van der Waals surface area contributed by atoms with Gasteiger partial charge >= 0.3 is 6.16 Å². The second kappa shape index (κ2) is 15.9. The van der Waals surface area contributed by atoms with Crippen LogP contribution in [0.15, 0.2) is 121 Å². The number of piperidine rings is 1. The van der Waals surface area contributed by atoms with Crippen molar-refractivity contribution >= 4 is 12.1 Å². The third-order valence-corrected chi connectivity index (χ3v) is 8.70. The van der Waals surface area contributed by atoms with Gasteiger partial charge in [0.1, 0.15) is 6.61 Å². The molecule has 0 radical (unpaired) electrons. The van der Waals surface area contributed by atoms with Crippen LogP contribution in [0.3, 0.4) is 0 Å². The highest BCUT2D eigenvalue weighted by molar-refractivity contribution is 5.79. The molecule has 1 amide bonds. The Morgan fingerprint density at radius 2 is 1.27 bits per heavy atom. The van der Waals surface area contributed by atoms with Crippen LogP contribution in [0.25, 0.3) is 0 Å². The van der Waals surface area contributed by atoms with E-state index in [1.54, 1.807) is 0 Å². The van der Waals surface area contributed by atoms with Gasteiger partial charge in [-0.25, -0.2) is 4.79 Å². The van der Waals surface area contributed by atoms with E-state index in [0.717, 1.165) is 49.2 Å². The standard InChI is InChI=1S/C38H42N2O4/c41-36(29-44-37(42)43-28-31-14-5-1-6-15-31)39-30-38(34-18-9-3-10-19-34,35-20-11-4-12-21-35)24-13-25-40-26-22-33(23-27-40)32-16-7-2-8-17-32/h1-12,14-21,33H,13,22-30H2,(H,39,41). The summed E-state index contributed by atoms with van der Waals surface area (Å²) in [5, 5.41) is 3.08. The van der Waals surface area contributed by atoms with Crippen LogP contribution in [0, 0.1) is 0 Å². The molecular weight excluding hydrogens is 548 g/mol. The van der Waals surface area contributed by atoms with E-state index in [9.17, 15) is 9.59 Å². The van der Waals surface area contributed by atoms with Crippen LogP contribution < -0.4 is 5.32 Å². The van der Waals surface area contributed by atoms with Crippen molar-refractivity contribution in [2.45, 2.75) is 43.6 Å². The van der Waals surface area contributed by atoms with Crippen LogP contribution in [-0.2, 0) is 26.3 Å². The van der Waals surface area contributed by atoms with Crippen molar-refractivity contribution in [2.24, 2.45) is 0 Å². The van der Waals surface area contributed by atoms with Gasteiger partial charge in [-0.15, -0.1) is 0 Å². The minimum absolute atomic E-state index is 0.0936. The molecule has 0 atom stereocenters. The van der Waals surface area contributed by atoms with Crippen molar-refractivity contribution in [1.29, 1.82) is 0 Å². The molecule has 1 fully saturated rings. The van der Waals surface area contributed by atoms with Crippen molar-refractivity contribution in [3.8, 4) is 0 Å². The second-order valence-electron chi connectivity index (χ2n) is 11.5. The van der Waals surface area contributed by atoms with E-state index in [2.05, 4.69) is 89.1 Å². The Morgan fingerprint density at radius 1 is 0.727 bits per heavy atom. The van der Waals surface area contributed by atoms with Crippen LogP contribution >= 0.6 is 0 Å². The molecule has 1 heterocycles. The monoisotopic (exact) mass is 590 g/mol. The van der Waals surface area contributed by atoms with E-state index in [-0.39, 0.29) is 12.5 Å². The van der Waals surface area contributed by atoms with Gasteiger partial charge in [-0.1, -0.05) is 121 Å². The average Bonchev–Trinajstić information content (AvgIpc) is 3.10. The Kier molecular flexibility index (Phi) is 11.2. The Balaban J connectivity index is 1.20. The zero-order chi connectivity index (χ0) is 30.5. The van der Waals surface area contributed by atoms with Crippen LogP contribution in [0.4, 0.5) is 4.79 Å². The summed E-state index contributed by atoms with van der Waals surface area (Å²) in [6.07, 6.45) is 3.34. The Morgan fingerprint density at radius 3 is 1.86 bits per heavy atom. The lowest BCUT2D eigenvalue weighted by Gasteiger charge is -2.37. The van der Waals surface area contributed by atoms with Gasteiger partial charge in [0.25, 0.3) is 5.91 Å². The molecule has 6 nitrogen and oxygen atoms in total. The number of amides is 1. The van der Waals surface area contributed by atoms with Crippen molar-refractivity contribution in [1.82, 2.24) is 10.2 Å². The molecule has 0 aromatic heterocycles. The molecule has 0 unspecified atom stereocenters. The number of rotatable bonds is 13. The van der Waals surface area contributed by atoms with E-state index in [1.165, 1.54) is 18.4 Å². The fourth-order valence-corrected chi connectivity index (χ4v) is 6.26. The summed E-state index contributed by atoms with van der Waals surface area (Å²) in [5.74, 6) is 0.272. The smallest absolute Gasteiger partial charge is 0.429 e. The number of nitrogens with one attached hydrogen (secondary N) is 1. The fourth-order valence-electron chi connectivity index (χ4n) is 6.26. The molecule has 0 aliphatic carbocycles. The summed E-state index contributed by atoms with van der Waals surface area (Å²) in [5.41, 5.74) is 4.16. The van der Waals surface area contributed by atoms with E-state index in [4.69, 9.17) is 9.47 Å². The predicted octanol–water partition coefficient (Wildman–Crippen LogP) is 7.10. The molecule has 6 heteroatoms. The molecule has 1 aliphatic heterocycles. The molecule has 0 bridgehead atoms. The number of carbonyl (C=O) groups is 2. The van der Waals surface area contributed by atoms with Crippen molar-refractivity contribution in [3.63, 3.8) is 0 Å². The first kappa shape index (κ1) is 31.0. The molecule has 4 aromatic carbocycles. The number of carbonyl (C=O) groups excluding carboxylic acids is 2. The summed E-state index contributed by atoms with van der Waals surface area (Å²) in [7, 11) is 0. The maximum absolute atomic E-state index is 12.9. The topological polar surface area (TPSA) is 67.9 Å². The minimum Gasteiger partial charge on any atom is -0.429 e. The van der Waals surface area contributed by atoms with E-state index < -0.39 is 18.2 Å². The highest BCUT2D eigenvalue weighted by Gasteiger charge is 2.35. The lowest BCUT2D eigenvalue weighted by Crippen LogP contribution is -2.44. The van der Waals surface area contributed by atoms with Gasteiger partial charge in [-0.2, -0.15) is 0 Å². The second-order valence-corrected chi connectivity index (χ2v) is 11.5. The largest absolute Gasteiger partial charge is 0.509 e. The van der Waals surface area contributed by atoms with Gasteiger partial charge in [-0.05, 0) is 73.5 Å².